The first-order valence-corrected chi connectivity index (χ1v) is 6.28. The van der Waals surface area contributed by atoms with Crippen molar-refractivity contribution >= 4 is 29.4 Å². The van der Waals surface area contributed by atoms with Crippen LogP contribution in [0.5, 0.6) is 0 Å². The van der Waals surface area contributed by atoms with E-state index >= 15 is 0 Å². The molecule has 2 amide bonds. The fourth-order valence-electron chi connectivity index (χ4n) is 1.35. The lowest BCUT2D eigenvalue weighted by Gasteiger charge is -2.16. The first-order chi connectivity index (χ1) is 9.31. The van der Waals surface area contributed by atoms with Crippen LogP contribution in [-0.4, -0.2) is 35.0 Å². The monoisotopic (exact) mass is 298 g/mol. The van der Waals surface area contributed by atoms with Crippen molar-refractivity contribution in [3.8, 4) is 0 Å². The van der Waals surface area contributed by atoms with Gasteiger partial charge in [0.05, 0.1) is 0 Å². The van der Waals surface area contributed by atoms with Gasteiger partial charge in [-0.05, 0) is 38.1 Å². The van der Waals surface area contributed by atoms with Gasteiger partial charge in [-0.1, -0.05) is 11.6 Å². The summed E-state index contributed by atoms with van der Waals surface area (Å²) in [5, 5.41) is 13.9. The Hall–Kier alpha value is -2.08. The third kappa shape index (κ3) is 4.55. The van der Waals surface area contributed by atoms with Crippen LogP contribution < -0.4 is 10.6 Å². The Bertz CT molecular complexity index is 516. The van der Waals surface area contributed by atoms with Crippen LogP contribution in [0.2, 0.25) is 5.02 Å². The summed E-state index contributed by atoms with van der Waals surface area (Å²) in [6.07, 6.45) is 0. The summed E-state index contributed by atoms with van der Waals surface area (Å²) in [6.45, 7) is 2.81. The number of amides is 2. The number of carboxylic acids is 1. The van der Waals surface area contributed by atoms with Crippen molar-refractivity contribution in [2.24, 2.45) is 0 Å². The lowest BCUT2D eigenvalue weighted by atomic mass is 10.2. The fourth-order valence-corrected chi connectivity index (χ4v) is 1.47. The summed E-state index contributed by atoms with van der Waals surface area (Å²) in [7, 11) is 0. The highest BCUT2D eigenvalue weighted by atomic mass is 35.5. The lowest BCUT2D eigenvalue weighted by molar-refractivity contribution is -0.141. The SMILES string of the molecule is CC(NC(=O)C(C)NC(=O)c1ccc(Cl)cc1)C(=O)O. The van der Waals surface area contributed by atoms with Crippen molar-refractivity contribution in [2.45, 2.75) is 25.9 Å². The van der Waals surface area contributed by atoms with E-state index in [1.165, 1.54) is 26.0 Å². The number of hydrogen-bond donors (Lipinski definition) is 3. The molecule has 0 bridgehead atoms. The van der Waals surface area contributed by atoms with Crippen LogP contribution in [0.15, 0.2) is 24.3 Å². The zero-order valence-electron chi connectivity index (χ0n) is 11.0. The Balaban J connectivity index is 2.59. The van der Waals surface area contributed by atoms with Crippen molar-refractivity contribution < 1.29 is 19.5 Å². The summed E-state index contributed by atoms with van der Waals surface area (Å²) in [6, 6.07) is 4.32. The normalized spacial score (nSPS) is 13.2. The predicted molar refractivity (Wildman–Crippen MR) is 73.6 cm³/mol. The van der Waals surface area contributed by atoms with Crippen molar-refractivity contribution in [1.82, 2.24) is 10.6 Å². The summed E-state index contributed by atoms with van der Waals surface area (Å²) < 4.78 is 0. The van der Waals surface area contributed by atoms with E-state index in [2.05, 4.69) is 10.6 Å². The average Bonchev–Trinajstić information content (AvgIpc) is 2.38. The van der Waals surface area contributed by atoms with Crippen LogP contribution in [0.3, 0.4) is 0 Å². The number of carboxylic acid groups (broad SMARTS) is 1. The second-order valence-corrected chi connectivity index (χ2v) is 4.71. The van der Waals surface area contributed by atoms with Crippen molar-refractivity contribution in [1.29, 1.82) is 0 Å². The molecule has 0 spiro atoms. The number of hydrogen-bond acceptors (Lipinski definition) is 3. The Labute approximate surface area is 121 Å². The minimum Gasteiger partial charge on any atom is -0.480 e. The lowest BCUT2D eigenvalue weighted by Crippen LogP contribution is -2.49. The Morgan fingerprint density at radius 2 is 1.60 bits per heavy atom. The number of nitrogens with one attached hydrogen (secondary N) is 2. The number of aliphatic carboxylic acids is 1. The molecule has 0 fully saturated rings. The van der Waals surface area contributed by atoms with Crippen LogP contribution in [0.1, 0.15) is 24.2 Å². The molecule has 2 unspecified atom stereocenters. The van der Waals surface area contributed by atoms with Gasteiger partial charge >= 0.3 is 5.97 Å². The van der Waals surface area contributed by atoms with Gasteiger partial charge in [0, 0.05) is 10.6 Å². The number of rotatable bonds is 5. The quantitative estimate of drug-likeness (QED) is 0.757. The van der Waals surface area contributed by atoms with Crippen molar-refractivity contribution in [3.05, 3.63) is 34.9 Å². The summed E-state index contributed by atoms with van der Waals surface area (Å²) in [4.78, 5) is 34.1. The molecule has 0 aliphatic heterocycles. The molecule has 0 heterocycles. The molecular formula is C13H15ClN2O4. The van der Waals surface area contributed by atoms with E-state index < -0.39 is 29.9 Å². The number of carbonyl (C=O) groups excluding carboxylic acids is 2. The maximum atomic E-state index is 11.8. The van der Waals surface area contributed by atoms with Gasteiger partial charge in [0.1, 0.15) is 12.1 Å². The molecule has 20 heavy (non-hydrogen) atoms. The topological polar surface area (TPSA) is 95.5 Å². The van der Waals surface area contributed by atoms with Gasteiger partial charge in [0.25, 0.3) is 5.91 Å². The molecule has 1 aromatic rings. The van der Waals surface area contributed by atoms with Crippen molar-refractivity contribution in [3.63, 3.8) is 0 Å². The van der Waals surface area contributed by atoms with E-state index in [1.807, 2.05) is 0 Å². The molecule has 0 aromatic heterocycles. The molecule has 0 saturated heterocycles. The molecule has 1 rings (SSSR count). The summed E-state index contributed by atoms with van der Waals surface area (Å²) >= 11 is 5.71. The van der Waals surface area contributed by atoms with Crippen molar-refractivity contribution in [2.75, 3.05) is 0 Å². The van der Waals surface area contributed by atoms with Crippen LogP contribution in [0.25, 0.3) is 0 Å². The van der Waals surface area contributed by atoms with E-state index in [9.17, 15) is 14.4 Å². The molecule has 0 aliphatic carbocycles. The fraction of sp³-hybridized carbons (Fsp3) is 0.308. The minimum atomic E-state index is -1.14. The maximum Gasteiger partial charge on any atom is 0.325 e. The molecule has 7 heteroatoms. The van der Waals surface area contributed by atoms with Gasteiger partial charge in [-0.15, -0.1) is 0 Å². The Morgan fingerprint density at radius 3 is 2.10 bits per heavy atom. The predicted octanol–water partition coefficient (Wildman–Crippen LogP) is 1.05. The van der Waals surface area contributed by atoms with E-state index in [1.54, 1.807) is 12.1 Å². The van der Waals surface area contributed by atoms with Gasteiger partial charge in [0.2, 0.25) is 5.91 Å². The molecule has 0 aliphatic rings. The minimum absolute atomic E-state index is 0.361. The second kappa shape index (κ2) is 6.91. The smallest absolute Gasteiger partial charge is 0.325 e. The van der Waals surface area contributed by atoms with E-state index in [0.29, 0.717) is 10.6 Å². The molecule has 108 valence electrons. The summed E-state index contributed by atoms with van der Waals surface area (Å²) in [5.74, 6) is -2.15. The molecule has 0 saturated carbocycles. The number of benzene rings is 1. The first-order valence-electron chi connectivity index (χ1n) is 5.91. The van der Waals surface area contributed by atoms with Gasteiger partial charge in [0.15, 0.2) is 0 Å². The highest BCUT2D eigenvalue weighted by Crippen LogP contribution is 2.09. The maximum absolute atomic E-state index is 11.8. The van der Waals surface area contributed by atoms with Gasteiger partial charge in [-0.3, -0.25) is 14.4 Å². The average molecular weight is 299 g/mol. The third-order valence-electron chi connectivity index (χ3n) is 2.58. The highest BCUT2D eigenvalue weighted by molar-refractivity contribution is 6.30. The van der Waals surface area contributed by atoms with Gasteiger partial charge in [-0.2, -0.15) is 0 Å². The molecule has 2 atom stereocenters. The zero-order chi connectivity index (χ0) is 15.3. The third-order valence-corrected chi connectivity index (χ3v) is 2.83. The molecule has 1 aromatic carbocycles. The number of halogens is 1. The Kier molecular flexibility index (Phi) is 5.52. The first kappa shape index (κ1) is 16.0. The second-order valence-electron chi connectivity index (χ2n) is 4.27. The largest absolute Gasteiger partial charge is 0.480 e. The van der Waals surface area contributed by atoms with Gasteiger partial charge < -0.3 is 15.7 Å². The highest BCUT2D eigenvalue weighted by Gasteiger charge is 2.20. The molecular weight excluding hydrogens is 284 g/mol. The Morgan fingerprint density at radius 1 is 1.05 bits per heavy atom. The summed E-state index contributed by atoms with van der Waals surface area (Å²) in [5.41, 5.74) is 0.361. The molecule has 0 radical (unpaired) electrons. The van der Waals surface area contributed by atoms with Crippen LogP contribution in [0, 0.1) is 0 Å². The zero-order valence-corrected chi connectivity index (χ0v) is 11.8. The van der Waals surface area contributed by atoms with E-state index in [4.69, 9.17) is 16.7 Å². The number of carbonyl (C=O) groups is 3. The van der Waals surface area contributed by atoms with E-state index in [-0.39, 0.29) is 0 Å². The van der Waals surface area contributed by atoms with Crippen LogP contribution in [0.4, 0.5) is 0 Å². The van der Waals surface area contributed by atoms with Crippen LogP contribution >= 0.6 is 11.6 Å². The van der Waals surface area contributed by atoms with Gasteiger partial charge in [-0.25, -0.2) is 0 Å². The van der Waals surface area contributed by atoms with E-state index in [0.717, 1.165) is 0 Å². The molecule has 6 nitrogen and oxygen atoms in total. The van der Waals surface area contributed by atoms with Crippen LogP contribution in [-0.2, 0) is 9.59 Å². The standard InChI is InChI=1S/C13H15ClN2O4/c1-7(11(17)16-8(2)13(19)20)15-12(18)9-3-5-10(14)6-4-9/h3-8H,1-2H3,(H,15,18)(H,16,17)(H,19,20). The molecule has 3 N–H and O–H groups in total.